The molecular weight excluding hydrogens is 807 g/mol. The first-order valence-corrected chi connectivity index (χ1v) is 19.1. The predicted molar refractivity (Wildman–Crippen MR) is 187 cm³/mol. The zero-order valence-electron chi connectivity index (χ0n) is 29.2. The number of rotatable bonds is 16. The fourth-order valence-electron chi connectivity index (χ4n) is 4.18. The first kappa shape index (κ1) is 49.6. The van der Waals surface area contributed by atoms with E-state index in [4.69, 9.17) is 41.7 Å². The van der Waals surface area contributed by atoms with Crippen LogP contribution in [0.3, 0.4) is 0 Å². The van der Waals surface area contributed by atoms with Crippen LogP contribution in [0.25, 0.3) is 0 Å². The van der Waals surface area contributed by atoms with Crippen molar-refractivity contribution in [1.29, 1.82) is 0 Å². The summed E-state index contributed by atoms with van der Waals surface area (Å²) in [6.45, 7) is 2.20. The van der Waals surface area contributed by atoms with Gasteiger partial charge in [0.2, 0.25) is 27.3 Å². The van der Waals surface area contributed by atoms with Gasteiger partial charge in [-0.25, -0.2) is 0 Å². The smallest absolute Gasteiger partial charge is 0.762 e. The van der Waals surface area contributed by atoms with E-state index in [1.54, 1.807) is 58.7 Å². The Bertz CT molecular complexity index is 1680. The molecule has 52 heavy (non-hydrogen) atoms. The molecule has 0 saturated carbocycles. The van der Waals surface area contributed by atoms with E-state index in [1.807, 2.05) is 48.5 Å². The second kappa shape index (κ2) is 25.7. The molecule has 0 aromatic heterocycles. The Kier molecular flexibility index (Phi) is 24.5. The van der Waals surface area contributed by atoms with Crippen LogP contribution in [-0.2, 0) is 40.6 Å². The summed E-state index contributed by atoms with van der Waals surface area (Å²) in [7, 11) is -8.63. The average molecular weight is 844 g/mol. The molecule has 2 N–H and O–H groups in total. The molecule has 0 saturated heterocycles. The summed E-state index contributed by atoms with van der Waals surface area (Å²) in [5.74, 6) is 1.35. The summed E-state index contributed by atoms with van der Waals surface area (Å²) in [6.07, 6.45) is 2.18. The summed E-state index contributed by atoms with van der Waals surface area (Å²) in [6, 6.07) is 29.0. The summed E-state index contributed by atoms with van der Waals surface area (Å²) in [4.78, 5) is 44.2. The van der Waals surface area contributed by atoms with Crippen molar-refractivity contribution < 1.29 is 150 Å². The minimum atomic E-state index is -4.31. The third kappa shape index (κ3) is 21.6. The topological polar surface area (TPSA) is 175 Å². The van der Waals surface area contributed by atoms with Crippen molar-refractivity contribution >= 4 is 50.5 Å². The van der Waals surface area contributed by atoms with Crippen LogP contribution < -0.4 is 132 Å². The molecule has 2 unspecified atom stereocenters. The molecule has 4 aromatic rings. The van der Waals surface area contributed by atoms with Crippen molar-refractivity contribution in [2.24, 2.45) is 0 Å². The third-order valence-corrected chi connectivity index (χ3v) is 8.95. The van der Waals surface area contributed by atoms with Gasteiger partial charge in [0.05, 0.1) is 13.2 Å². The number of nitrogens with one attached hydrogen (secondary N) is 2. The summed E-state index contributed by atoms with van der Waals surface area (Å²) in [5, 5.41) is 4.81. The first-order chi connectivity index (χ1) is 23.7. The van der Waals surface area contributed by atoms with Gasteiger partial charge in [-0.3, -0.25) is 28.9 Å². The summed E-state index contributed by atoms with van der Waals surface area (Å²) in [5.41, 5.74) is 1.96. The number of amides is 2. The number of hydrogen-bond acceptors (Lipinski definition) is 10. The fourth-order valence-corrected chi connectivity index (χ4v) is 6.07. The van der Waals surface area contributed by atoms with Crippen LogP contribution >= 0.6 is 38.7 Å². The molecule has 0 bridgehead atoms. The second-order valence-electron chi connectivity index (χ2n) is 10.6. The summed E-state index contributed by atoms with van der Waals surface area (Å²) < 4.78 is 43.7. The van der Waals surface area contributed by atoms with E-state index in [2.05, 4.69) is 0 Å². The van der Waals surface area contributed by atoms with Crippen LogP contribution in [0.4, 0.5) is 0 Å². The average Bonchev–Trinajstić information content (AvgIpc) is 3.03. The van der Waals surface area contributed by atoms with Crippen LogP contribution in [0.15, 0.2) is 97.1 Å². The van der Waals surface area contributed by atoms with Crippen molar-refractivity contribution in [3.8, 4) is 23.0 Å². The number of halogens is 2. The van der Waals surface area contributed by atoms with Crippen LogP contribution in [0, 0.1) is 0 Å². The van der Waals surface area contributed by atoms with Gasteiger partial charge >= 0.3 is 103 Å². The normalized spacial score (nSPS) is 12.6. The Labute approximate surface area is 398 Å². The minimum absolute atomic E-state index is 0. The van der Waals surface area contributed by atoms with Crippen LogP contribution in [0.2, 0.25) is 10.0 Å². The maximum atomic E-state index is 11.4. The van der Waals surface area contributed by atoms with Crippen molar-refractivity contribution in [3.05, 3.63) is 118 Å². The fraction of sp³-hybridized carbons (Fsp3) is 0.235. The molecule has 0 heterocycles. The quantitative estimate of drug-likeness (QED) is 0.0953. The van der Waals surface area contributed by atoms with E-state index >= 15 is 0 Å². The van der Waals surface area contributed by atoms with Crippen LogP contribution in [0.1, 0.15) is 37.8 Å². The molecule has 268 valence electrons. The standard InChI is InChI=1S/2C17H19ClNO5P.2K/c2*1-13(20)19-25(21,22)23-11-3-5-14-4-2-6-17(12-14)24-16-9-7-15(18)8-10-16;;/h2*2,4,6-10,12H,3,5,11H2,1H3,(H2,19,20,21,22);;/q;;2*+1/p-2. The Morgan fingerprint density at radius 3 is 1.27 bits per heavy atom. The zero-order chi connectivity index (χ0) is 36.6. The minimum Gasteiger partial charge on any atom is -0.762 e. The van der Waals surface area contributed by atoms with Gasteiger partial charge in [0.15, 0.2) is 0 Å². The van der Waals surface area contributed by atoms with Gasteiger partial charge in [-0.2, -0.15) is 0 Å². The van der Waals surface area contributed by atoms with Gasteiger partial charge in [0.1, 0.15) is 23.0 Å². The number of ether oxygens (including phenoxy) is 2. The number of carbonyl (C=O) groups excluding carboxylic acids is 2. The molecule has 0 aliphatic heterocycles. The van der Waals surface area contributed by atoms with Gasteiger partial charge in [-0.15, -0.1) is 0 Å². The van der Waals surface area contributed by atoms with Crippen LogP contribution in [0.5, 0.6) is 23.0 Å². The van der Waals surface area contributed by atoms with E-state index in [0.717, 1.165) is 25.0 Å². The maximum Gasteiger partial charge on any atom is 1.00 e. The molecule has 4 aromatic carbocycles. The number of carbonyl (C=O) groups is 2. The van der Waals surface area contributed by atoms with Gasteiger partial charge in [0.25, 0.3) is 0 Å². The van der Waals surface area contributed by atoms with E-state index in [1.165, 1.54) is 0 Å². The van der Waals surface area contributed by atoms with Gasteiger partial charge in [-0.05, 0) is 110 Å². The zero-order valence-corrected chi connectivity index (χ0v) is 38.8. The van der Waals surface area contributed by atoms with Gasteiger partial charge in [-0.1, -0.05) is 47.5 Å². The molecule has 2 amide bonds. The van der Waals surface area contributed by atoms with Crippen LogP contribution in [-0.4, -0.2) is 25.0 Å². The molecule has 0 spiro atoms. The molecular formula is C34H36Cl2K2N2O10P2. The van der Waals surface area contributed by atoms with Gasteiger partial charge < -0.3 is 28.3 Å². The Balaban J connectivity index is 0.000000501. The molecule has 2 atom stereocenters. The van der Waals surface area contributed by atoms with Crippen molar-refractivity contribution in [2.45, 2.75) is 39.5 Å². The number of hydrogen-bond donors (Lipinski definition) is 2. The monoisotopic (exact) mass is 842 g/mol. The molecule has 12 nitrogen and oxygen atoms in total. The molecule has 0 aliphatic rings. The van der Waals surface area contributed by atoms with E-state index in [-0.39, 0.29) is 116 Å². The Morgan fingerprint density at radius 1 is 0.596 bits per heavy atom. The molecule has 0 fully saturated rings. The second-order valence-corrected chi connectivity index (χ2v) is 14.4. The van der Waals surface area contributed by atoms with E-state index in [9.17, 15) is 28.5 Å². The van der Waals surface area contributed by atoms with E-state index in [0.29, 0.717) is 58.7 Å². The summed E-state index contributed by atoms with van der Waals surface area (Å²) >= 11 is 11.7. The van der Waals surface area contributed by atoms with E-state index < -0.39 is 27.3 Å². The molecule has 4 rings (SSSR count). The molecule has 0 aliphatic carbocycles. The number of aryl methyl sites for hydroxylation is 2. The first-order valence-electron chi connectivity index (χ1n) is 15.2. The Morgan fingerprint density at radius 2 is 0.942 bits per heavy atom. The Hall–Kier alpha value is -0.427. The third-order valence-electron chi connectivity index (χ3n) is 6.23. The molecule has 18 heteroatoms. The largest absolute Gasteiger partial charge is 1.00 e. The van der Waals surface area contributed by atoms with Crippen molar-refractivity contribution in [2.75, 3.05) is 13.2 Å². The SMILES string of the molecule is CC(=O)NP(=O)([O-])OCCCc1cccc(Oc2ccc(Cl)cc2)c1.CC(=O)NP(=O)([O-])OCCCc1cccc(Oc2ccc(Cl)cc2)c1.[K+].[K+]. The maximum absolute atomic E-state index is 11.4. The van der Waals surface area contributed by atoms with Gasteiger partial charge in [0, 0.05) is 23.9 Å². The number of benzene rings is 4. The van der Waals surface area contributed by atoms with Crippen molar-refractivity contribution in [1.82, 2.24) is 10.2 Å². The predicted octanol–water partition coefficient (Wildman–Crippen LogP) is 1.38. The van der Waals surface area contributed by atoms with Crippen molar-refractivity contribution in [3.63, 3.8) is 0 Å². The molecule has 0 radical (unpaired) electrons.